The first kappa shape index (κ1) is 17.3. The summed E-state index contributed by atoms with van der Waals surface area (Å²) >= 11 is 0. The number of pyridine rings is 1. The van der Waals surface area contributed by atoms with E-state index in [2.05, 4.69) is 97.1 Å². The second-order valence-corrected chi connectivity index (χ2v) is 7.12. The smallest absolute Gasteiger partial charge is 0.0873 e. The van der Waals surface area contributed by atoms with Crippen LogP contribution < -0.4 is 0 Å². The van der Waals surface area contributed by atoms with Crippen molar-refractivity contribution in [3.63, 3.8) is 0 Å². The van der Waals surface area contributed by atoms with Crippen LogP contribution in [0.15, 0.2) is 66.9 Å². The summed E-state index contributed by atoms with van der Waals surface area (Å²) in [6.07, 6.45) is 6.17. The minimum atomic E-state index is 0.855. The zero-order valence-corrected chi connectivity index (χ0v) is 16.1. The molecule has 2 heteroatoms. The van der Waals surface area contributed by atoms with Gasteiger partial charge in [0.2, 0.25) is 0 Å². The number of hydrogen-bond donors (Lipinski definition) is 0. The minimum Gasteiger partial charge on any atom is -0.338 e. The van der Waals surface area contributed by atoms with Crippen LogP contribution in [0.5, 0.6) is 0 Å². The SMILES string of the molecule is Cc1ccc(Cn2c(C)c(C)c3ccnc(/C=C/c4ccccc4)c32)cc1. The van der Waals surface area contributed by atoms with Gasteiger partial charge in [0.25, 0.3) is 0 Å². The predicted molar refractivity (Wildman–Crippen MR) is 115 cm³/mol. The molecule has 0 radical (unpaired) electrons. The first-order valence-corrected chi connectivity index (χ1v) is 9.36. The molecule has 4 aromatic rings. The van der Waals surface area contributed by atoms with Crippen molar-refractivity contribution in [1.82, 2.24) is 9.55 Å². The number of hydrogen-bond acceptors (Lipinski definition) is 1. The summed E-state index contributed by atoms with van der Waals surface area (Å²) in [6.45, 7) is 7.39. The van der Waals surface area contributed by atoms with Crippen molar-refractivity contribution in [3.05, 3.63) is 101 Å². The summed E-state index contributed by atoms with van der Waals surface area (Å²) in [4.78, 5) is 4.69. The zero-order chi connectivity index (χ0) is 18.8. The summed E-state index contributed by atoms with van der Waals surface area (Å²) in [5.74, 6) is 0. The molecular weight excluding hydrogens is 328 g/mol. The molecule has 0 saturated heterocycles. The molecule has 2 aromatic carbocycles. The van der Waals surface area contributed by atoms with Crippen molar-refractivity contribution < 1.29 is 0 Å². The van der Waals surface area contributed by atoms with E-state index in [0.717, 1.165) is 12.2 Å². The summed E-state index contributed by atoms with van der Waals surface area (Å²) in [5.41, 5.74) is 8.63. The number of nitrogens with zero attached hydrogens (tertiary/aromatic N) is 2. The Hall–Kier alpha value is -3.13. The fourth-order valence-corrected chi connectivity index (χ4v) is 3.56. The van der Waals surface area contributed by atoms with Gasteiger partial charge in [0.1, 0.15) is 0 Å². The van der Waals surface area contributed by atoms with Crippen LogP contribution in [0.1, 0.15) is 33.6 Å². The van der Waals surface area contributed by atoms with Crippen molar-refractivity contribution in [2.24, 2.45) is 0 Å². The third-order valence-corrected chi connectivity index (χ3v) is 5.27. The quantitative estimate of drug-likeness (QED) is 0.429. The highest BCUT2D eigenvalue weighted by molar-refractivity contribution is 5.92. The normalized spacial score (nSPS) is 11.5. The van der Waals surface area contributed by atoms with Gasteiger partial charge in [-0.25, -0.2) is 0 Å². The number of aromatic nitrogens is 2. The Kier molecular flexibility index (Phi) is 4.64. The minimum absolute atomic E-state index is 0.855. The van der Waals surface area contributed by atoms with Gasteiger partial charge in [-0.05, 0) is 49.6 Å². The van der Waals surface area contributed by atoms with E-state index in [1.807, 2.05) is 12.3 Å². The maximum absolute atomic E-state index is 4.69. The van der Waals surface area contributed by atoms with Crippen molar-refractivity contribution >= 4 is 23.1 Å². The lowest BCUT2D eigenvalue weighted by Crippen LogP contribution is -2.03. The number of rotatable bonds is 4. The number of fused-ring (bicyclic) bond motifs is 1. The second-order valence-electron chi connectivity index (χ2n) is 7.12. The summed E-state index contributed by atoms with van der Waals surface area (Å²) in [6, 6.07) is 21.3. The van der Waals surface area contributed by atoms with Gasteiger partial charge in [-0.2, -0.15) is 0 Å². The van der Waals surface area contributed by atoms with E-state index in [-0.39, 0.29) is 0 Å². The van der Waals surface area contributed by atoms with E-state index in [1.54, 1.807) is 0 Å². The molecule has 0 saturated carbocycles. The second kappa shape index (κ2) is 7.24. The summed E-state index contributed by atoms with van der Waals surface area (Å²) in [7, 11) is 0. The van der Waals surface area contributed by atoms with Crippen molar-refractivity contribution in [3.8, 4) is 0 Å². The van der Waals surface area contributed by atoms with Gasteiger partial charge in [-0.3, -0.25) is 4.98 Å². The maximum Gasteiger partial charge on any atom is 0.0873 e. The van der Waals surface area contributed by atoms with Crippen molar-refractivity contribution in [1.29, 1.82) is 0 Å². The third kappa shape index (κ3) is 3.43. The number of benzene rings is 2. The van der Waals surface area contributed by atoms with E-state index < -0.39 is 0 Å². The molecule has 0 atom stereocenters. The van der Waals surface area contributed by atoms with Crippen LogP contribution in [0, 0.1) is 20.8 Å². The Labute approximate surface area is 160 Å². The molecule has 0 N–H and O–H groups in total. The number of aryl methyl sites for hydroxylation is 2. The molecule has 4 rings (SSSR count). The van der Waals surface area contributed by atoms with Crippen molar-refractivity contribution in [2.45, 2.75) is 27.3 Å². The highest BCUT2D eigenvalue weighted by atomic mass is 15.0. The van der Waals surface area contributed by atoms with Crippen LogP contribution in [0.3, 0.4) is 0 Å². The standard InChI is InChI=1S/C25H24N2/c1-18-9-11-22(12-10-18)17-27-20(3)19(2)23-15-16-26-24(25(23)27)14-13-21-7-5-4-6-8-21/h4-16H,17H2,1-3H3/b14-13+. The average molecular weight is 352 g/mol. The third-order valence-electron chi connectivity index (χ3n) is 5.27. The Bertz CT molecular complexity index is 1100. The molecule has 134 valence electrons. The van der Waals surface area contributed by atoms with Crippen LogP contribution in [-0.2, 0) is 6.54 Å². The van der Waals surface area contributed by atoms with Gasteiger partial charge >= 0.3 is 0 Å². The van der Waals surface area contributed by atoms with Gasteiger partial charge < -0.3 is 4.57 Å². The van der Waals surface area contributed by atoms with Gasteiger partial charge in [-0.15, -0.1) is 0 Å². The van der Waals surface area contributed by atoms with Crippen LogP contribution in [0.2, 0.25) is 0 Å². The highest BCUT2D eigenvalue weighted by Crippen LogP contribution is 2.29. The molecule has 2 aromatic heterocycles. The van der Waals surface area contributed by atoms with E-state index >= 15 is 0 Å². The average Bonchev–Trinajstić information content (AvgIpc) is 2.94. The molecule has 2 nitrogen and oxygen atoms in total. The Morgan fingerprint density at radius 3 is 2.33 bits per heavy atom. The van der Waals surface area contributed by atoms with Crippen LogP contribution >= 0.6 is 0 Å². The maximum atomic E-state index is 4.69. The molecule has 0 spiro atoms. The first-order chi connectivity index (χ1) is 13.1. The van der Waals surface area contributed by atoms with E-state index in [9.17, 15) is 0 Å². The Morgan fingerprint density at radius 1 is 0.852 bits per heavy atom. The van der Waals surface area contributed by atoms with Crippen molar-refractivity contribution in [2.75, 3.05) is 0 Å². The van der Waals surface area contributed by atoms with E-state index in [1.165, 1.54) is 38.9 Å². The summed E-state index contributed by atoms with van der Waals surface area (Å²) in [5, 5.41) is 1.28. The molecule has 0 aliphatic heterocycles. The fraction of sp³-hybridized carbons (Fsp3) is 0.160. The molecular formula is C25H24N2. The molecule has 0 unspecified atom stereocenters. The van der Waals surface area contributed by atoms with Gasteiger partial charge in [0.05, 0.1) is 11.2 Å². The molecule has 0 bridgehead atoms. The Morgan fingerprint density at radius 2 is 1.59 bits per heavy atom. The van der Waals surface area contributed by atoms with Crippen LogP contribution in [-0.4, -0.2) is 9.55 Å². The molecule has 0 aliphatic carbocycles. The molecule has 27 heavy (non-hydrogen) atoms. The summed E-state index contributed by atoms with van der Waals surface area (Å²) < 4.78 is 2.40. The lowest BCUT2D eigenvalue weighted by molar-refractivity contribution is 0.798. The first-order valence-electron chi connectivity index (χ1n) is 9.36. The topological polar surface area (TPSA) is 17.8 Å². The molecule has 2 heterocycles. The largest absolute Gasteiger partial charge is 0.338 e. The lowest BCUT2D eigenvalue weighted by Gasteiger charge is -2.10. The monoisotopic (exact) mass is 352 g/mol. The van der Waals surface area contributed by atoms with Gasteiger partial charge in [0.15, 0.2) is 0 Å². The fourth-order valence-electron chi connectivity index (χ4n) is 3.56. The molecule has 0 amide bonds. The molecule has 0 aliphatic rings. The Balaban J connectivity index is 1.82. The van der Waals surface area contributed by atoms with Crippen LogP contribution in [0.4, 0.5) is 0 Å². The zero-order valence-electron chi connectivity index (χ0n) is 16.1. The van der Waals surface area contributed by atoms with Gasteiger partial charge in [-0.1, -0.05) is 66.2 Å². The molecule has 0 fully saturated rings. The van der Waals surface area contributed by atoms with E-state index in [4.69, 9.17) is 0 Å². The predicted octanol–water partition coefficient (Wildman–Crippen LogP) is 6.18. The lowest BCUT2D eigenvalue weighted by atomic mass is 10.1. The van der Waals surface area contributed by atoms with Crippen LogP contribution in [0.25, 0.3) is 23.1 Å². The van der Waals surface area contributed by atoms with E-state index in [0.29, 0.717) is 0 Å². The van der Waals surface area contributed by atoms with Gasteiger partial charge in [0, 0.05) is 23.8 Å². The highest BCUT2D eigenvalue weighted by Gasteiger charge is 2.14.